The average molecular weight is 329 g/mol. The summed E-state index contributed by atoms with van der Waals surface area (Å²) in [4.78, 5) is 27.9. The molecule has 3 rings (SSSR count). The van der Waals surface area contributed by atoms with E-state index in [4.69, 9.17) is 0 Å². The molecule has 1 saturated carbocycles. The van der Waals surface area contributed by atoms with Crippen molar-refractivity contribution in [2.24, 2.45) is 11.8 Å². The second-order valence-corrected chi connectivity index (χ2v) is 6.72. The normalized spacial score (nSPS) is 19.2. The average Bonchev–Trinajstić information content (AvgIpc) is 3.03. The van der Waals surface area contributed by atoms with E-state index in [-0.39, 0.29) is 24.2 Å². The van der Waals surface area contributed by atoms with E-state index in [1.807, 2.05) is 29.6 Å². The topological polar surface area (TPSA) is 71.1 Å². The molecule has 0 radical (unpaired) electrons. The summed E-state index contributed by atoms with van der Waals surface area (Å²) in [6.07, 6.45) is 2.99. The van der Waals surface area contributed by atoms with Gasteiger partial charge in [0, 0.05) is 41.7 Å². The Morgan fingerprint density at radius 3 is 2.91 bits per heavy atom. The van der Waals surface area contributed by atoms with Crippen LogP contribution in [-0.2, 0) is 9.59 Å². The third-order valence-corrected chi connectivity index (χ3v) is 4.75. The van der Waals surface area contributed by atoms with Gasteiger partial charge in [0.15, 0.2) is 0 Å². The Balaban J connectivity index is 1.48. The van der Waals surface area contributed by atoms with Crippen LogP contribution in [-0.4, -0.2) is 23.3 Å². The zero-order chi connectivity index (χ0) is 16.2. The van der Waals surface area contributed by atoms with Crippen molar-refractivity contribution in [3.63, 3.8) is 0 Å². The van der Waals surface area contributed by atoms with E-state index in [1.165, 1.54) is 0 Å². The second kappa shape index (κ2) is 6.91. The van der Waals surface area contributed by atoms with Gasteiger partial charge in [0.2, 0.25) is 11.8 Å². The number of nitrogens with zero attached hydrogens (tertiary/aromatic N) is 1. The lowest BCUT2D eigenvalue weighted by Gasteiger charge is -2.07. The maximum absolute atomic E-state index is 12.0. The minimum Gasteiger partial charge on any atom is -0.355 e. The van der Waals surface area contributed by atoms with Crippen LogP contribution >= 0.6 is 11.3 Å². The molecular weight excluding hydrogens is 310 g/mol. The van der Waals surface area contributed by atoms with Crippen molar-refractivity contribution in [2.75, 3.05) is 11.9 Å². The van der Waals surface area contributed by atoms with Gasteiger partial charge in [0.05, 0.1) is 0 Å². The molecule has 120 valence electrons. The predicted octanol–water partition coefficient (Wildman–Crippen LogP) is 2.91. The van der Waals surface area contributed by atoms with Crippen LogP contribution < -0.4 is 10.6 Å². The monoisotopic (exact) mass is 329 g/mol. The highest BCUT2D eigenvalue weighted by atomic mass is 32.1. The second-order valence-electron chi connectivity index (χ2n) is 5.83. The van der Waals surface area contributed by atoms with Crippen LogP contribution in [0.4, 0.5) is 5.69 Å². The number of hydrogen-bond donors (Lipinski definition) is 2. The highest BCUT2D eigenvalue weighted by Crippen LogP contribution is 2.37. The minimum atomic E-state index is -0.106. The fraction of sp³-hybridized carbons (Fsp3) is 0.353. The Hall–Kier alpha value is -2.21. The van der Waals surface area contributed by atoms with E-state index < -0.39 is 0 Å². The molecule has 0 saturated heterocycles. The number of amides is 2. The maximum Gasteiger partial charge on any atom is 0.226 e. The molecule has 0 bridgehead atoms. The lowest BCUT2D eigenvalue weighted by Crippen LogP contribution is -2.29. The van der Waals surface area contributed by atoms with Gasteiger partial charge in [0.1, 0.15) is 5.01 Å². The summed E-state index contributed by atoms with van der Waals surface area (Å²) in [6.45, 7) is 2.44. The molecule has 0 spiro atoms. The van der Waals surface area contributed by atoms with Gasteiger partial charge in [-0.2, -0.15) is 0 Å². The first-order valence-electron chi connectivity index (χ1n) is 7.71. The number of thiazole rings is 1. The SMILES string of the molecule is C[C@H]1C[C@H]1C(=O)NCCC(=O)Nc1cccc(-c2nccs2)c1. The molecule has 1 aliphatic carbocycles. The third-order valence-electron chi connectivity index (χ3n) is 3.92. The molecule has 2 N–H and O–H groups in total. The van der Waals surface area contributed by atoms with Crippen molar-refractivity contribution in [1.82, 2.24) is 10.3 Å². The van der Waals surface area contributed by atoms with E-state index in [9.17, 15) is 9.59 Å². The molecule has 1 heterocycles. The van der Waals surface area contributed by atoms with Gasteiger partial charge in [-0.15, -0.1) is 11.3 Å². The fourth-order valence-electron chi connectivity index (χ4n) is 2.44. The van der Waals surface area contributed by atoms with E-state index in [2.05, 4.69) is 22.5 Å². The van der Waals surface area contributed by atoms with Crippen LogP contribution in [0.3, 0.4) is 0 Å². The first-order chi connectivity index (χ1) is 11.1. The summed E-state index contributed by atoms with van der Waals surface area (Å²) in [5, 5.41) is 8.52. The largest absolute Gasteiger partial charge is 0.355 e. The number of carbonyl (C=O) groups excluding carboxylic acids is 2. The standard InChI is InChI=1S/C17H19N3O2S/c1-11-9-14(11)16(22)18-6-5-15(21)20-13-4-2-3-12(10-13)17-19-7-8-23-17/h2-4,7-8,10-11,14H,5-6,9H2,1H3,(H,18,22)(H,20,21)/t11-,14+/m0/s1. The summed E-state index contributed by atoms with van der Waals surface area (Å²) < 4.78 is 0. The summed E-state index contributed by atoms with van der Waals surface area (Å²) in [5.41, 5.74) is 1.72. The van der Waals surface area contributed by atoms with Crippen molar-refractivity contribution in [3.8, 4) is 10.6 Å². The molecule has 0 unspecified atom stereocenters. The molecule has 2 aromatic rings. The third kappa shape index (κ3) is 4.16. The van der Waals surface area contributed by atoms with Gasteiger partial charge in [-0.25, -0.2) is 4.98 Å². The van der Waals surface area contributed by atoms with E-state index >= 15 is 0 Å². The van der Waals surface area contributed by atoms with E-state index in [0.29, 0.717) is 12.5 Å². The minimum absolute atomic E-state index is 0.0658. The Labute approximate surface area is 139 Å². The number of aromatic nitrogens is 1. The molecule has 2 amide bonds. The molecular formula is C17H19N3O2S. The van der Waals surface area contributed by atoms with E-state index in [0.717, 1.165) is 22.7 Å². The number of rotatable bonds is 6. The number of hydrogen-bond acceptors (Lipinski definition) is 4. The Morgan fingerprint density at radius 1 is 1.39 bits per heavy atom. The number of nitrogens with one attached hydrogen (secondary N) is 2. The number of anilines is 1. The van der Waals surface area contributed by atoms with Gasteiger partial charge >= 0.3 is 0 Å². The van der Waals surface area contributed by atoms with Crippen LogP contribution in [0.1, 0.15) is 19.8 Å². The van der Waals surface area contributed by atoms with Gasteiger partial charge in [-0.1, -0.05) is 19.1 Å². The van der Waals surface area contributed by atoms with Gasteiger partial charge in [0.25, 0.3) is 0 Å². The first-order valence-corrected chi connectivity index (χ1v) is 8.59. The summed E-state index contributed by atoms with van der Waals surface area (Å²) in [5.74, 6) is 0.590. The van der Waals surface area contributed by atoms with Crippen LogP contribution in [0.2, 0.25) is 0 Å². The predicted molar refractivity (Wildman–Crippen MR) is 91.1 cm³/mol. The first kappa shape index (κ1) is 15.7. The van der Waals surface area contributed by atoms with Crippen LogP contribution in [0.15, 0.2) is 35.8 Å². The molecule has 0 aliphatic heterocycles. The van der Waals surface area contributed by atoms with Crippen molar-refractivity contribution in [2.45, 2.75) is 19.8 Å². The van der Waals surface area contributed by atoms with Crippen LogP contribution in [0.25, 0.3) is 10.6 Å². The Bertz CT molecular complexity index is 700. The van der Waals surface area contributed by atoms with E-state index in [1.54, 1.807) is 17.5 Å². The van der Waals surface area contributed by atoms with Crippen molar-refractivity contribution in [1.29, 1.82) is 0 Å². The molecule has 23 heavy (non-hydrogen) atoms. The maximum atomic E-state index is 12.0. The smallest absolute Gasteiger partial charge is 0.226 e. The summed E-state index contributed by atoms with van der Waals surface area (Å²) in [7, 11) is 0. The van der Waals surface area contributed by atoms with Crippen molar-refractivity contribution in [3.05, 3.63) is 35.8 Å². The molecule has 1 aromatic heterocycles. The number of benzene rings is 1. The lowest BCUT2D eigenvalue weighted by molar-refractivity contribution is -0.122. The number of carbonyl (C=O) groups is 2. The highest BCUT2D eigenvalue weighted by molar-refractivity contribution is 7.13. The van der Waals surface area contributed by atoms with Gasteiger partial charge in [-0.05, 0) is 24.5 Å². The Morgan fingerprint density at radius 2 is 2.22 bits per heavy atom. The molecule has 2 atom stereocenters. The Kier molecular flexibility index (Phi) is 4.71. The van der Waals surface area contributed by atoms with Crippen molar-refractivity contribution < 1.29 is 9.59 Å². The van der Waals surface area contributed by atoms with Crippen LogP contribution in [0, 0.1) is 11.8 Å². The zero-order valence-corrected chi connectivity index (χ0v) is 13.7. The summed E-state index contributed by atoms with van der Waals surface area (Å²) >= 11 is 1.56. The highest BCUT2D eigenvalue weighted by Gasteiger charge is 2.38. The molecule has 1 aliphatic rings. The van der Waals surface area contributed by atoms with Crippen molar-refractivity contribution >= 4 is 28.8 Å². The molecule has 5 nitrogen and oxygen atoms in total. The lowest BCUT2D eigenvalue weighted by atomic mass is 10.2. The molecule has 6 heteroatoms. The van der Waals surface area contributed by atoms with Crippen LogP contribution in [0.5, 0.6) is 0 Å². The molecule has 1 fully saturated rings. The quantitative estimate of drug-likeness (QED) is 0.856. The fourth-order valence-corrected chi connectivity index (χ4v) is 3.07. The van der Waals surface area contributed by atoms with Gasteiger partial charge < -0.3 is 10.6 Å². The summed E-state index contributed by atoms with van der Waals surface area (Å²) in [6, 6.07) is 7.61. The zero-order valence-electron chi connectivity index (χ0n) is 12.9. The molecule has 1 aromatic carbocycles. The van der Waals surface area contributed by atoms with Gasteiger partial charge in [-0.3, -0.25) is 9.59 Å².